The fourth-order valence-electron chi connectivity index (χ4n) is 6.45. The summed E-state index contributed by atoms with van der Waals surface area (Å²) in [7, 11) is 0. The highest BCUT2D eigenvalue weighted by Gasteiger charge is 2.35. The van der Waals surface area contributed by atoms with Crippen LogP contribution in [0.15, 0.2) is 60.3 Å². The van der Waals surface area contributed by atoms with Crippen LogP contribution in [-0.2, 0) is 4.74 Å². The molecule has 7 heteroatoms. The molecule has 2 saturated heterocycles. The molecule has 7 nitrogen and oxygen atoms in total. The van der Waals surface area contributed by atoms with Crippen molar-refractivity contribution in [3.05, 3.63) is 77.0 Å². The Kier molecular flexibility index (Phi) is 7.02. The van der Waals surface area contributed by atoms with Crippen LogP contribution in [0.3, 0.4) is 0 Å². The second-order valence-corrected chi connectivity index (χ2v) is 12.3. The standard InChI is InChI=1S/C34H39N3O4/c1-6-36(7-2)32(38)22-10-14-26-30(20-22)40-29-15-11-21(28-9-8-16-37(28)33(39)41-34(3,4)5)19-27(29)31(26)23-17-24-12-13-25(18-23)35-24/h8-11,14-16,19-20,24-25,35H,6-7,12-13,17-18H2,1-5H3. The average molecular weight is 554 g/mol. The van der Waals surface area contributed by atoms with Gasteiger partial charge < -0.3 is 19.7 Å². The van der Waals surface area contributed by atoms with Gasteiger partial charge >= 0.3 is 6.09 Å². The minimum atomic E-state index is -0.594. The second-order valence-electron chi connectivity index (χ2n) is 12.3. The maximum Gasteiger partial charge on any atom is 0.418 e. The van der Waals surface area contributed by atoms with E-state index in [1.165, 1.54) is 24.0 Å². The number of carbonyl (C=O) groups excluding carboxylic acids is 2. The van der Waals surface area contributed by atoms with E-state index in [1.807, 2.05) is 75.9 Å². The van der Waals surface area contributed by atoms with Gasteiger partial charge in [0, 0.05) is 48.1 Å². The third kappa shape index (κ3) is 5.19. The van der Waals surface area contributed by atoms with E-state index in [9.17, 15) is 9.59 Å². The molecule has 214 valence electrons. The van der Waals surface area contributed by atoms with Crippen LogP contribution in [0.5, 0.6) is 11.5 Å². The quantitative estimate of drug-likeness (QED) is 0.288. The predicted molar refractivity (Wildman–Crippen MR) is 160 cm³/mol. The molecule has 2 unspecified atom stereocenters. The number of piperidine rings is 1. The van der Waals surface area contributed by atoms with Gasteiger partial charge in [0.15, 0.2) is 0 Å². The molecule has 3 aliphatic heterocycles. The zero-order chi connectivity index (χ0) is 28.9. The lowest BCUT2D eigenvalue weighted by Gasteiger charge is -2.31. The number of rotatable bonds is 4. The Balaban J connectivity index is 1.45. The van der Waals surface area contributed by atoms with Crippen molar-refractivity contribution in [1.82, 2.24) is 14.8 Å². The van der Waals surface area contributed by atoms with Crippen molar-refractivity contribution in [3.63, 3.8) is 0 Å². The highest BCUT2D eigenvalue weighted by Crippen LogP contribution is 2.49. The normalized spacial score (nSPS) is 19.3. The highest BCUT2D eigenvalue weighted by atomic mass is 16.6. The van der Waals surface area contributed by atoms with E-state index in [2.05, 4.69) is 17.4 Å². The second kappa shape index (κ2) is 10.5. The van der Waals surface area contributed by atoms with Gasteiger partial charge in [-0.1, -0.05) is 5.57 Å². The molecule has 3 aromatic rings. The van der Waals surface area contributed by atoms with E-state index in [1.54, 1.807) is 10.8 Å². The molecule has 1 N–H and O–H groups in total. The molecular formula is C34H39N3O4. The smallest absolute Gasteiger partial charge is 0.418 e. The molecule has 6 rings (SSSR count). The summed E-state index contributed by atoms with van der Waals surface area (Å²) in [6, 6.07) is 16.8. The monoisotopic (exact) mass is 553 g/mol. The molecule has 41 heavy (non-hydrogen) atoms. The fraction of sp³-hybridized carbons (Fsp3) is 0.412. The SMILES string of the molecule is CCN(CC)C(=O)c1ccc2c(c1)Oc1ccc(-c3cccn3C(=O)OC(C)(C)C)cc1C2=C1CC2CCC(C1)N2. The number of hydrogen-bond acceptors (Lipinski definition) is 5. The number of aromatic nitrogens is 1. The molecular weight excluding hydrogens is 514 g/mol. The molecule has 3 aliphatic rings. The summed E-state index contributed by atoms with van der Waals surface area (Å²) in [4.78, 5) is 28.0. The Labute approximate surface area is 242 Å². The lowest BCUT2D eigenvalue weighted by molar-refractivity contribution is 0.0540. The Morgan fingerprint density at radius 1 is 0.976 bits per heavy atom. The Bertz CT molecular complexity index is 1530. The minimum absolute atomic E-state index is 0.0135. The van der Waals surface area contributed by atoms with Gasteiger partial charge in [-0.15, -0.1) is 0 Å². The number of fused-ring (bicyclic) bond motifs is 4. The zero-order valence-corrected chi connectivity index (χ0v) is 24.6. The van der Waals surface area contributed by atoms with Crippen molar-refractivity contribution in [2.24, 2.45) is 0 Å². The maximum atomic E-state index is 13.2. The van der Waals surface area contributed by atoms with E-state index >= 15 is 0 Å². The van der Waals surface area contributed by atoms with Gasteiger partial charge in [-0.25, -0.2) is 4.79 Å². The number of hydrogen-bond donors (Lipinski definition) is 1. The number of ether oxygens (including phenoxy) is 2. The Morgan fingerprint density at radius 2 is 1.71 bits per heavy atom. The van der Waals surface area contributed by atoms with Gasteiger partial charge in [0.2, 0.25) is 0 Å². The van der Waals surface area contributed by atoms with E-state index in [-0.39, 0.29) is 5.91 Å². The molecule has 0 aliphatic carbocycles. The third-order valence-corrected chi connectivity index (χ3v) is 8.33. The summed E-state index contributed by atoms with van der Waals surface area (Å²) in [5, 5.41) is 3.76. The van der Waals surface area contributed by atoms with Crippen molar-refractivity contribution in [1.29, 1.82) is 0 Å². The molecule has 0 radical (unpaired) electrons. The first-order chi connectivity index (χ1) is 19.6. The van der Waals surface area contributed by atoms with Crippen LogP contribution in [0.1, 0.15) is 81.8 Å². The predicted octanol–water partition coefficient (Wildman–Crippen LogP) is 7.24. The maximum absolute atomic E-state index is 13.2. The van der Waals surface area contributed by atoms with E-state index in [0.29, 0.717) is 36.5 Å². The van der Waals surface area contributed by atoms with Crippen molar-refractivity contribution in [2.45, 2.75) is 78.0 Å². The van der Waals surface area contributed by atoms with Gasteiger partial charge in [0.05, 0.1) is 5.69 Å². The fourth-order valence-corrected chi connectivity index (χ4v) is 6.45. The topological polar surface area (TPSA) is 72.8 Å². The van der Waals surface area contributed by atoms with Crippen LogP contribution in [0.2, 0.25) is 0 Å². The Hall–Kier alpha value is -3.84. The van der Waals surface area contributed by atoms with Crippen LogP contribution < -0.4 is 10.1 Å². The summed E-state index contributed by atoms with van der Waals surface area (Å²) in [6.07, 6.45) is 5.70. The molecule has 0 saturated carbocycles. The lowest BCUT2D eigenvalue weighted by atomic mass is 9.83. The summed E-state index contributed by atoms with van der Waals surface area (Å²) in [5.74, 6) is 1.49. The van der Waals surface area contributed by atoms with Crippen LogP contribution in [0.25, 0.3) is 16.8 Å². The largest absolute Gasteiger partial charge is 0.456 e. The first-order valence-electron chi connectivity index (χ1n) is 14.8. The van der Waals surface area contributed by atoms with Crippen molar-refractivity contribution in [3.8, 4) is 22.8 Å². The molecule has 2 atom stereocenters. The number of benzene rings is 2. The van der Waals surface area contributed by atoms with Gasteiger partial charge in [0.1, 0.15) is 17.1 Å². The first kappa shape index (κ1) is 27.3. The summed E-state index contributed by atoms with van der Waals surface area (Å²) >= 11 is 0. The van der Waals surface area contributed by atoms with Gasteiger partial charge in [0.25, 0.3) is 5.91 Å². The van der Waals surface area contributed by atoms with Crippen LogP contribution >= 0.6 is 0 Å². The molecule has 0 spiro atoms. The first-order valence-corrected chi connectivity index (χ1v) is 14.8. The van der Waals surface area contributed by atoms with E-state index in [0.717, 1.165) is 41.0 Å². The average Bonchev–Trinajstić information content (AvgIpc) is 3.57. The molecule has 2 fully saturated rings. The lowest BCUT2D eigenvalue weighted by Crippen LogP contribution is -2.35. The summed E-state index contributed by atoms with van der Waals surface area (Å²) in [5.41, 5.74) is 6.37. The van der Waals surface area contributed by atoms with Crippen LogP contribution in [0.4, 0.5) is 4.79 Å². The van der Waals surface area contributed by atoms with Gasteiger partial charge in [-0.3, -0.25) is 9.36 Å². The zero-order valence-electron chi connectivity index (χ0n) is 24.6. The molecule has 2 bridgehead atoms. The number of amides is 1. The van der Waals surface area contributed by atoms with Gasteiger partial charge in [-0.05, 0) is 120 Å². The number of nitrogens with zero attached hydrogens (tertiary/aromatic N) is 2. The van der Waals surface area contributed by atoms with Crippen LogP contribution in [0, 0.1) is 0 Å². The van der Waals surface area contributed by atoms with Crippen molar-refractivity contribution >= 4 is 17.6 Å². The molecule has 1 aromatic heterocycles. The van der Waals surface area contributed by atoms with Gasteiger partial charge in [-0.2, -0.15) is 0 Å². The van der Waals surface area contributed by atoms with Crippen molar-refractivity contribution < 1.29 is 19.1 Å². The Morgan fingerprint density at radius 3 is 2.39 bits per heavy atom. The summed E-state index contributed by atoms with van der Waals surface area (Å²) < 4.78 is 13.7. The highest BCUT2D eigenvalue weighted by molar-refractivity contribution is 5.97. The number of nitrogens with one attached hydrogen (secondary N) is 1. The summed E-state index contributed by atoms with van der Waals surface area (Å²) in [6.45, 7) is 10.9. The molecule has 4 heterocycles. The molecule has 1 amide bonds. The minimum Gasteiger partial charge on any atom is -0.456 e. The van der Waals surface area contributed by atoms with Crippen molar-refractivity contribution in [2.75, 3.05) is 13.1 Å². The number of carbonyl (C=O) groups is 2. The van der Waals surface area contributed by atoms with Crippen LogP contribution in [-0.4, -0.2) is 52.2 Å². The van der Waals surface area contributed by atoms with E-state index < -0.39 is 11.7 Å². The third-order valence-electron chi connectivity index (χ3n) is 8.33. The van der Waals surface area contributed by atoms with E-state index in [4.69, 9.17) is 9.47 Å². The molecule has 2 aromatic carbocycles.